The van der Waals surface area contributed by atoms with Crippen molar-refractivity contribution in [2.45, 2.75) is 13.8 Å². The third-order valence-electron chi connectivity index (χ3n) is 6.21. The number of hydrogen-bond donors (Lipinski definition) is 0. The summed E-state index contributed by atoms with van der Waals surface area (Å²) in [5, 5.41) is 13.4. The van der Waals surface area contributed by atoms with Gasteiger partial charge in [-0.15, -0.1) is 10.2 Å². The zero-order chi connectivity index (χ0) is 22.9. The van der Waals surface area contributed by atoms with E-state index in [1.165, 1.54) is 5.69 Å². The number of hydrogen-bond acceptors (Lipinski definition) is 6. The lowest BCUT2D eigenvalue weighted by Crippen LogP contribution is -2.49. The molecular weight excluding hydrogens is 416 g/mol. The summed E-state index contributed by atoms with van der Waals surface area (Å²) in [5.41, 5.74) is 5.58. The average Bonchev–Trinajstić information content (AvgIpc) is 3.21. The Morgan fingerprint density at radius 3 is 2.27 bits per heavy atom. The van der Waals surface area contributed by atoms with E-state index in [0.29, 0.717) is 30.1 Å². The second-order valence-electron chi connectivity index (χ2n) is 8.17. The van der Waals surface area contributed by atoms with Gasteiger partial charge in [-0.2, -0.15) is 5.10 Å². The number of fused-ring (bicyclic) bond motifs is 1. The van der Waals surface area contributed by atoms with Crippen LogP contribution in [0.2, 0.25) is 0 Å². The zero-order valence-electron chi connectivity index (χ0n) is 19.0. The molecule has 2 aromatic carbocycles. The number of ether oxygens (including phenoxy) is 1. The summed E-state index contributed by atoms with van der Waals surface area (Å²) < 4.78 is 6.99. The third-order valence-corrected chi connectivity index (χ3v) is 6.21. The van der Waals surface area contributed by atoms with Crippen LogP contribution in [0.15, 0.2) is 54.6 Å². The maximum Gasteiger partial charge on any atom is 0.276 e. The predicted octanol–water partition coefficient (Wildman–Crippen LogP) is 3.38. The molecule has 5 rings (SSSR count). The van der Waals surface area contributed by atoms with Gasteiger partial charge in [-0.05, 0) is 43.7 Å². The number of aryl methyl sites for hydroxylation is 2. The van der Waals surface area contributed by atoms with Crippen LogP contribution in [0.3, 0.4) is 0 Å². The standard InChI is InChI=1S/C25H26N6O2/c1-17-22(19-9-11-21(33-3)12-10-19)24-27-26-23(18(2)31(24)28-17)25(32)30-15-13-29(14-16-30)20-7-5-4-6-8-20/h4-12H,13-16H2,1-3H3. The summed E-state index contributed by atoms with van der Waals surface area (Å²) in [5.74, 6) is 0.684. The number of amides is 1. The molecule has 4 aromatic rings. The van der Waals surface area contributed by atoms with Crippen LogP contribution in [0, 0.1) is 13.8 Å². The van der Waals surface area contributed by atoms with E-state index in [0.717, 1.165) is 35.7 Å². The highest BCUT2D eigenvalue weighted by molar-refractivity contribution is 5.94. The Morgan fingerprint density at radius 2 is 1.61 bits per heavy atom. The van der Waals surface area contributed by atoms with Gasteiger partial charge in [0.25, 0.3) is 5.91 Å². The fraction of sp³-hybridized carbons (Fsp3) is 0.280. The molecule has 1 fully saturated rings. The van der Waals surface area contributed by atoms with Gasteiger partial charge in [-0.1, -0.05) is 30.3 Å². The molecule has 0 radical (unpaired) electrons. The highest BCUT2D eigenvalue weighted by Gasteiger charge is 2.27. The Labute approximate surface area is 192 Å². The molecule has 1 aliphatic heterocycles. The van der Waals surface area contributed by atoms with Gasteiger partial charge in [0.15, 0.2) is 11.3 Å². The van der Waals surface area contributed by atoms with Crippen LogP contribution in [-0.2, 0) is 0 Å². The molecule has 1 aliphatic rings. The summed E-state index contributed by atoms with van der Waals surface area (Å²) in [7, 11) is 1.64. The second-order valence-corrected chi connectivity index (χ2v) is 8.17. The van der Waals surface area contributed by atoms with E-state index in [4.69, 9.17) is 4.74 Å². The minimum Gasteiger partial charge on any atom is -0.497 e. The van der Waals surface area contributed by atoms with E-state index in [1.807, 2.05) is 61.2 Å². The molecule has 2 aromatic heterocycles. The molecule has 0 aliphatic carbocycles. The zero-order valence-corrected chi connectivity index (χ0v) is 19.0. The van der Waals surface area contributed by atoms with Crippen molar-refractivity contribution in [3.63, 3.8) is 0 Å². The lowest BCUT2D eigenvalue weighted by Gasteiger charge is -2.36. The van der Waals surface area contributed by atoms with Crippen molar-refractivity contribution in [1.29, 1.82) is 0 Å². The molecule has 0 spiro atoms. The molecule has 0 N–H and O–H groups in total. The van der Waals surface area contributed by atoms with Crippen molar-refractivity contribution >= 4 is 17.2 Å². The molecule has 168 valence electrons. The number of carbonyl (C=O) groups is 1. The van der Waals surface area contributed by atoms with Gasteiger partial charge in [-0.3, -0.25) is 4.79 Å². The summed E-state index contributed by atoms with van der Waals surface area (Å²) in [6.07, 6.45) is 0. The summed E-state index contributed by atoms with van der Waals surface area (Å²) in [4.78, 5) is 17.4. The third kappa shape index (κ3) is 3.77. The van der Waals surface area contributed by atoms with Crippen LogP contribution in [0.4, 0.5) is 5.69 Å². The Balaban J connectivity index is 1.40. The smallest absolute Gasteiger partial charge is 0.276 e. The number of aromatic nitrogens is 4. The van der Waals surface area contributed by atoms with E-state index in [1.54, 1.807) is 11.6 Å². The fourth-order valence-electron chi connectivity index (χ4n) is 4.36. The molecule has 33 heavy (non-hydrogen) atoms. The van der Waals surface area contributed by atoms with Crippen LogP contribution in [-0.4, -0.2) is 63.9 Å². The van der Waals surface area contributed by atoms with E-state index >= 15 is 0 Å². The van der Waals surface area contributed by atoms with Gasteiger partial charge in [0.05, 0.1) is 24.1 Å². The quantitative estimate of drug-likeness (QED) is 0.482. The molecule has 0 unspecified atom stereocenters. The van der Waals surface area contributed by atoms with Gasteiger partial charge in [-0.25, -0.2) is 4.52 Å². The van der Waals surface area contributed by atoms with Gasteiger partial charge in [0.2, 0.25) is 0 Å². The Morgan fingerprint density at radius 1 is 0.909 bits per heavy atom. The van der Waals surface area contributed by atoms with Crippen LogP contribution in [0.25, 0.3) is 16.8 Å². The van der Waals surface area contributed by atoms with E-state index in [-0.39, 0.29) is 5.91 Å². The number of carbonyl (C=O) groups excluding carboxylic acids is 1. The molecular formula is C25H26N6O2. The summed E-state index contributed by atoms with van der Waals surface area (Å²) in [6, 6.07) is 18.1. The second kappa shape index (κ2) is 8.54. The molecule has 1 saturated heterocycles. The predicted molar refractivity (Wildman–Crippen MR) is 127 cm³/mol. The molecule has 0 bridgehead atoms. The van der Waals surface area contributed by atoms with Crippen LogP contribution >= 0.6 is 0 Å². The van der Waals surface area contributed by atoms with Crippen molar-refractivity contribution in [3.05, 3.63) is 71.7 Å². The normalized spacial score (nSPS) is 14.0. The summed E-state index contributed by atoms with van der Waals surface area (Å²) in [6.45, 7) is 6.67. The number of piperazine rings is 1. The first-order valence-electron chi connectivity index (χ1n) is 11.0. The van der Waals surface area contributed by atoms with Crippen molar-refractivity contribution in [1.82, 2.24) is 24.7 Å². The van der Waals surface area contributed by atoms with Gasteiger partial charge in [0.1, 0.15) is 5.75 Å². The summed E-state index contributed by atoms with van der Waals surface area (Å²) >= 11 is 0. The van der Waals surface area contributed by atoms with Gasteiger partial charge < -0.3 is 14.5 Å². The minimum absolute atomic E-state index is 0.103. The number of benzene rings is 2. The molecule has 8 nitrogen and oxygen atoms in total. The highest BCUT2D eigenvalue weighted by atomic mass is 16.5. The van der Waals surface area contributed by atoms with Crippen molar-refractivity contribution < 1.29 is 9.53 Å². The number of rotatable bonds is 4. The van der Waals surface area contributed by atoms with E-state index < -0.39 is 0 Å². The maximum atomic E-state index is 13.3. The Bertz CT molecular complexity index is 1290. The number of nitrogens with zero attached hydrogens (tertiary/aromatic N) is 6. The first-order chi connectivity index (χ1) is 16.1. The van der Waals surface area contributed by atoms with Gasteiger partial charge in [0, 0.05) is 31.9 Å². The maximum absolute atomic E-state index is 13.3. The minimum atomic E-state index is -0.103. The largest absolute Gasteiger partial charge is 0.497 e. The molecule has 1 amide bonds. The lowest BCUT2D eigenvalue weighted by molar-refractivity contribution is 0.0738. The average molecular weight is 443 g/mol. The van der Waals surface area contributed by atoms with Crippen molar-refractivity contribution in [3.8, 4) is 16.9 Å². The first-order valence-corrected chi connectivity index (χ1v) is 11.0. The van der Waals surface area contributed by atoms with Crippen LogP contribution in [0.1, 0.15) is 21.9 Å². The van der Waals surface area contributed by atoms with Crippen LogP contribution < -0.4 is 9.64 Å². The molecule has 3 heterocycles. The Kier molecular flexibility index (Phi) is 5.42. The lowest BCUT2D eigenvalue weighted by atomic mass is 10.1. The Hall–Kier alpha value is -3.94. The van der Waals surface area contributed by atoms with E-state index in [2.05, 4.69) is 32.3 Å². The number of para-hydroxylation sites is 1. The van der Waals surface area contributed by atoms with Crippen molar-refractivity contribution in [2.24, 2.45) is 0 Å². The molecule has 8 heteroatoms. The van der Waals surface area contributed by atoms with E-state index in [9.17, 15) is 4.79 Å². The fourth-order valence-corrected chi connectivity index (χ4v) is 4.36. The number of methoxy groups -OCH3 is 1. The monoisotopic (exact) mass is 442 g/mol. The molecule has 0 saturated carbocycles. The molecule has 0 atom stereocenters. The highest BCUT2D eigenvalue weighted by Crippen LogP contribution is 2.29. The van der Waals surface area contributed by atoms with Crippen molar-refractivity contribution in [2.75, 3.05) is 38.2 Å². The van der Waals surface area contributed by atoms with Crippen LogP contribution in [0.5, 0.6) is 5.75 Å². The first kappa shape index (κ1) is 20.9. The van der Waals surface area contributed by atoms with Gasteiger partial charge >= 0.3 is 0 Å². The topological polar surface area (TPSA) is 75.9 Å². The number of anilines is 1. The SMILES string of the molecule is COc1ccc(-c2c(C)nn3c(C)c(C(=O)N4CCN(c5ccccc5)CC4)nnc23)cc1.